The molecule has 0 unspecified atom stereocenters. The summed E-state index contributed by atoms with van der Waals surface area (Å²) in [6.45, 7) is 1.95. The molecule has 3 saturated heterocycles. The summed E-state index contributed by atoms with van der Waals surface area (Å²) in [5, 5.41) is 3.71. The van der Waals surface area contributed by atoms with Crippen molar-refractivity contribution in [3.8, 4) is 0 Å². The second-order valence-corrected chi connectivity index (χ2v) is 11.2. The highest BCUT2D eigenvalue weighted by Gasteiger charge is 2.56. The lowest BCUT2D eigenvalue weighted by Crippen LogP contribution is -2.48. The number of amides is 2. The average Bonchev–Trinajstić information content (AvgIpc) is 3.34. The van der Waals surface area contributed by atoms with E-state index in [1.54, 1.807) is 11.8 Å². The topological polar surface area (TPSA) is 52.7 Å². The number of hydrogen-bond acceptors (Lipinski definition) is 4. The van der Waals surface area contributed by atoms with Gasteiger partial charge in [0.1, 0.15) is 10.9 Å². The monoisotopic (exact) mass is 533 g/mol. The number of hydrogen-bond donors (Lipinski definition) is 1. The maximum absolute atomic E-state index is 13.5. The van der Waals surface area contributed by atoms with Crippen LogP contribution in [0.5, 0.6) is 0 Å². The maximum Gasteiger partial charge on any atom is 0.248 e. The third-order valence-corrected chi connectivity index (χ3v) is 9.00. The molecule has 0 spiro atoms. The van der Waals surface area contributed by atoms with Crippen LogP contribution >= 0.6 is 39.3 Å². The maximum atomic E-state index is 13.5. The summed E-state index contributed by atoms with van der Waals surface area (Å²) in [6, 6.07) is 13.3. The Kier molecular flexibility index (Phi) is 6.16. The predicted molar refractivity (Wildman–Crippen MR) is 134 cm³/mol. The molecule has 0 aromatic heterocycles. The van der Waals surface area contributed by atoms with Crippen LogP contribution in [-0.4, -0.2) is 41.6 Å². The normalized spacial score (nSPS) is 25.2. The minimum Gasteiger partial charge on any atom is -0.370 e. The third kappa shape index (κ3) is 3.93. The van der Waals surface area contributed by atoms with E-state index in [1.807, 2.05) is 47.4 Å². The molecule has 8 heteroatoms. The van der Waals surface area contributed by atoms with Gasteiger partial charge in [0.25, 0.3) is 0 Å². The lowest BCUT2D eigenvalue weighted by molar-refractivity contribution is -0.136. The number of carbonyl (C=O) groups is 2. The molecular formula is C24H25BrClN3O2S. The zero-order valence-corrected chi connectivity index (χ0v) is 20.8. The fourth-order valence-corrected chi connectivity index (χ4v) is 7.17. The number of nitrogens with zero attached hydrogens (tertiary/aromatic N) is 2. The van der Waals surface area contributed by atoms with Crippen LogP contribution in [0.2, 0.25) is 5.02 Å². The van der Waals surface area contributed by atoms with Gasteiger partial charge in [0.2, 0.25) is 11.8 Å². The van der Waals surface area contributed by atoms with Crippen molar-refractivity contribution in [2.75, 3.05) is 29.1 Å². The van der Waals surface area contributed by atoms with Gasteiger partial charge < -0.3 is 15.1 Å². The van der Waals surface area contributed by atoms with Gasteiger partial charge in [0.05, 0.1) is 11.4 Å². The van der Waals surface area contributed by atoms with Crippen LogP contribution in [0, 0.1) is 0 Å². The molecule has 32 heavy (non-hydrogen) atoms. The van der Waals surface area contributed by atoms with E-state index in [-0.39, 0.29) is 11.8 Å². The Bertz CT molecular complexity index is 1040. The molecule has 3 heterocycles. The van der Waals surface area contributed by atoms with Gasteiger partial charge in [-0.15, -0.1) is 11.8 Å². The smallest absolute Gasteiger partial charge is 0.248 e. The molecule has 3 aliphatic heterocycles. The highest BCUT2D eigenvalue weighted by molar-refractivity contribution is 9.10. The van der Waals surface area contributed by atoms with Crippen LogP contribution in [0.15, 0.2) is 46.9 Å². The van der Waals surface area contributed by atoms with Crippen LogP contribution in [0.1, 0.15) is 37.7 Å². The van der Waals surface area contributed by atoms with Crippen molar-refractivity contribution in [1.29, 1.82) is 0 Å². The van der Waals surface area contributed by atoms with Gasteiger partial charge in [-0.05, 0) is 61.6 Å². The molecule has 2 atom stereocenters. The highest BCUT2D eigenvalue weighted by atomic mass is 79.9. The first-order chi connectivity index (χ1) is 15.5. The number of anilines is 2. The van der Waals surface area contributed by atoms with Gasteiger partial charge in [-0.25, -0.2) is 0 Å². The SMILES string of the molecule is O=C(Nc1cc(Cl)ccc1N1CCCCC1)[C@@H]1CS[C@@]2(c3ccc(Br)cc3)CCC(=O)N12. The molecule has 1 N–H and O–H groups in total. The minimum atomic E-state index is -0.508. The highest BCUT2D eigenvalue weighted by Crippen LogP contribution is 2.54. The Balaban J connectivity index is 1.42. The van der Waals surface area contributed by atoms with Crippen molar-refractivity contribution in [3.05, 3.63) is 57.5 Å². The van der Waals surface area contributed by atoms with Crippen molar-refractivity contribution in [2.24, 2.45) is 0 Å². The molecule has 0 saturated carbocycles. The summed E-state index contributed by atoms with van der Waals surface area (Å²) in [6.07, 6.45) is 4.71. The first-order valence-electron chi connectivity index (χ1n) is 11.1. The molecule has 2 aromatic carbocycles. The minimum absolute atomic E-state index is 0.0421. The van der Waals surface area contributed by atoms with Gasteiger partial charge in [-0.1, -0.05) is 39.7 Å². The Morgan fingerprint density at radius 2 is 1.88 bits per heavy atom. The quantitative estimate of drug-likeness (QED) is 0.553. The Morgan fingerprint density at radius 1 is 1.12 bits per heavy atom. The second kappa shape index (κ2) is 8.92. The van der Waals surface area contributed by atoms with Gasteiger partial charge >= 0.3 is 0 Å². The molecule has 5 rings (SSSR count). The Hall–Kier alpha value is -1.70. The van der Waals surface area contributed by atoms with E-state index in [1.165, 1.54) is 6.42 Å². The number of piperidine rings is 1. The zero-order valence-electron chi connectivity index (χ0n) is 17.7. The summed E-state index contributed by atoms with van der Waals surface area (Å²) >= 11 is 11.5. The molecule has 3 aliphatic rings. The van der Waals surface area contributed by atoms with Gasteiger partial charge in [0, 0.05) is 34.8 Å². The van der Waals surface area contributed by atoms with Crippen molar-refractivity contribution in [3.63, 3.8) is 0 Å². The van der Waals surface area contributed by atoms with Crippen LogP contribution in [-0.2, 0) is 14.5 Å². The van der Waals surface area contributed by atoms with Crippen LogP contribution in [0.25, 0.3) is 0 Å². The van der Waals surface area contributed by atoms with Crippen molar-refractivity contribution < 1.29 is 9.59 Å². The van der Waals surface area contributed by atoms with E-state index >= 15 is 0 Å². The van der Waals surface area contributed by atoms with Crippen LogP contribution in [0.3, 0.4) is 0 Å². The van der Waals surface area contributed by atoms with E-state index < -0.39 is 10.9 Å². The van der Waals surface area contributed by atoms with Gasteiger partial charge in [-0.3, -0.25) is 9.59 Å². The van der Waals surface area contributed by atoms with Crippen LogP contribution in [0.4, 0.5) is 11.4 Å². The third-order valence-electron chi connectivity index (χ3n) is 6.64. The molecule has 2 amide bonds. The van der Waals surface area contributed by atoms with E-state index in [9.17, 15) is 9.59 Å². The Morgan fingerprint density at radius 3 is 2.62 bits per heavy atom. The zero-order chi connectivity index (χ0) is 22.3. The first-order valence-corrected chi connectivity index (χ1v) is 13.2. The summed E-state index contributed by atoms with van der Waals surface area (Å²) in [4.78, 5) is 30.1. The summed E-state index contributed by atoms with van der Waals surface area (Å²) in [5.74, 6) is 0.473. The number of halogens is 2. The van der Waals surface area contributed by atoms with E-state index in [4.69, 9.17) is 11.6 Å². The van der Waals surface area contributed by atoms with E-state index in [2.05, 4.69) is 26.1 Å². The van der Waals surface area contributed by atoms with E-state index in [0.29, 0.717) is 17.2 Å². The molecule has 0 aliphatic carbocycles. The largest absolute Gasteiger partial charge is 0.370 e. The summed E-state index contributed by atoms with van der Waals surface area (Å²) < 4.78 is 0.997. The summed E-state index contributed by atoms with van der Waals surface area (Å²) in [5.41, 5.74) is 2.80. The lowest BCUT2D eigenvalue weighted by atomic mass is 10.0. The standard InChI is InChI=1S/C24H25BrClN3O2S/c25-17-6-4-16(5-7-17)24-11-10-22(30)29(24)21(15-32-24)23(31)27-19-14-18(26)8-9-20(19)28-12-2-1-3-13-28/h4-9,14,21H,1-3,10-13,15H2,(H,27,31)/t21-,24+/m0/s1. The number of benzene rings is 2. The molecule has 2 aromatic rings. The number of carbonyl (C=O) groups excluding carboxylic acids is 2. The molecule has 0 radical (unpaired) electrons. The number of nitrogens with one attached hydrogen (secondary N) is 1. The molecular weight excluding hydrogens is 510 g/mol. The first kappa shape index (κ1) is 22.1. The van der Waals surface area contributed by atoms with Crippen LogP contribution < -0.4 is 10.2 Å². The summed E-state index contributed by atoms with van der Waals surface area (Å²) in [7, 11) is 0. The van der Waals surface area contributed by atoms with Crippen molar-refractivity contribution >= 4 is 62.5 Å². The second-order valence-electron chi connectivity index (χ2n) is 8.58. The predicted octanol–water partition coefficient (Wildman–Crippen LogP) is 5.62. The van der Waals surface area contributed by atoms with Gasteiger partial charge in [-0.2, -0.15) is 0 Å². The van der Waals surface area contributed by atoms with E-state index in [0.717, 1.165) is 53.8 Å². The average molecular weight is 535 g/mol. The number of rotatable bonds is 4. The fourth-order valence-electron chi connectivity index (χ4n) is 5.08. The lowest BCUT2D eigenvalue weighted by Gasteiger charge is -2.34. The fraction of sp³-hybridized carbons (Fsp3) is 0.417. The molecule has 0 bridgehead atoms. The van der Waals surface area contributed by atoms with Gasteiger partial charge in [0.15, 0.2) is 0 Å². The molecule has 168 valence electrons. The molecule has 3 fully saturated rings. The van der Waals surface area contributed by atoms with Crippen molar-refractivity contribution in [1.82, 2.24) is 4.90 Å². The number of thioether (sulfide) groups is 1. The van der Waals surface area contributed by atoms with Crippen molar-refractivity contribution in [2.45, 2.75) is 43.0 Å². The molecule has 5 nitrogen and oxygen atoms in total. The Labute approximate surface area is 206 Å². The number of fused-ring (bicyclic) bond motifs is 1.